The second-order valence-corrected chi connectivity index (χ2v) is 5.66. The number of sulfonamides is 1. The van der Waals surface area contributed by atoms with Gasteiger partial charge in [0.15, 0.2) is 0 Å². The molecule has 1 rings (SSSR count). The van der Waals surface area contributed by atoms with Gasteiger partial charge < -0.3 is 0 Å². The second kappa shape index (κ2) is 3.93. The first-order valence-corrected chi connectivity index (χ1v) is 6.23. The summed E-state index contributed by atoms with van der Waals surface area (Å²) in [5.41, 5.74) is 1.06. The van der Waals surface area contributed by atoms with Crippen molar-refractivity contribution in [1.29, 1.82) is 0 Å². The van der Waals surface area contributed by atoms with E-state index in [-0.39, 0.29) is 0 Å². The van der Waals surface area contributed by atoms with Crippen LogP contribution in [-0.2, 0) is 10.0 Å². The Balaban J connectivity index is 3.33. The van der Waals surface area contributed by atoms with Crippen molar-refractivity contribution < 1.29 is 8.42 Å². The largest absolute Gasteiger partial charge is 0.241 e. The molecule has 1 aromatic rings. The molecule has 0 radical (unpaired) electrons. The Morgan fingerprint density at radius 2 is 2.00 bits per heavy atom. The number of benzene rings is 1. The highest BCUT2D eigenvalue weighted by molar-refractivity contribution is 14.1. The van der Waals surface area contributed by atoms with Gasteiger partial charge in [0.25, 0.3) is 0 Å². The molecule has 0 atom stereocenters. The molecule has 3 nitrogen and oxygen atoms in total. The molecule has 5 heteroatoms. The number of rotatable bonds is 2. The summed E-state index contributed by atoms with van der Waals surface area (Å²) in [5.74, 6) is 0. The van der Waals surface area contributed by atoms with Crippen LogP contribution in [-0.4, -0.2) is 15.5 Å². The van der Waals surface area contributed by atoms with Crippen molar-refractivity contribution in [2.45, 2.75) is 11.8 Å². The molecule has 0 fully saturated rings. The second-order valence-electron chi connectivity index (χ2n) is 2.64. The summed E-state index contributed by atoms with van der Waals surface area (Å²) in [7, 11) is -1.90. The molecule has 0 unspecified atom stereocenters. The fourth-order valence-electron chi connectivity index (χ4n) is 0.934. The lowest BCUT2D eigenvalue weighted by atomic mass is 10.2. The summed E-state index contributed by atoms with van der Waals surface area (Å²) in [6.45, 7) is 1.93. The quantitative estimate of drug-likeness (QED) is 0.842. The molecule has 0 amide bonds. The summed E-state index contributed by atoms with van der Waals surface area (Å²) in [6.07, 6.45) is 0. The predicted octanol–water partition coefficient (Wildman–Crippen LogP) is 1.51. The van der Waals surface area contributed by atoms with Crippen LogP contribution in [0, 0.1) is 10.5 Å². The van der Waals surface area contributed by atoms with Crippen LogP contribution in [0.2, 0.25) is 0 Å². The summed E-state index contributed by atoms with van der Waals surface area (Å²) >= 11 is 2.02. The van der Waals surface area contributed by atoms with Gasteiger partial charge >= 0.3 is 0 Å². The van der Waals surface area contributed by atoms with Gasteiger partial charge in [0.05, 0.1) is 4.90 Å². The van der Waals surface area contributed by atoms with E-state index in [1.165, 1.54) is 7.05 Å². The Morgan fingerprint density at radius 1 is 1.38 bits per heavy atom. The summed E-state index contributed by atoms with van der Waals surface area (Å²) in [4.78, 5) is 0.334. The van der Waals surface area contributed by atoms with E-state index in [2.05, 4.69) is 4.72 Å². The minimum atomic E-state index is -3.30. The van der Waals surface area contributed by atoms with Gasteiger partial charge in [-0.3, -0.25) is 0 Å². The Bertz CT molecular complexity index is 414. The van der Waals surface area contributed by atoms with Crippen molar-refractivity contribution in [2.75, 3.05) is 7.05 Å². The van der Waals surface area contributed by atoms with Crippen molar-refractivity contribution in [2.24, 2.45) is 0 Å². The fourth-order valence-corrected chi connectivity index (χ4v) is 3.26. The van der Waals surface area contributed by atoms with Crippen LogP contribution in [0.4, 0.5) is 0 Å². The molecule has 0 saturated carbocycles. The molecule has 72 valence electrons. The van der Waals surface area contributed by atoms with Crippen LogP contribution in [0.3, 0.4) is 0 Å². The minimum Gasteiger partial charge on any atom is -0.214 e. The normalized spacial score (nSPS) is 11.6. The van der Waals surface area contributed by atoms with Crippen molar-refractivity contribution in [3.63, 3.8) is 0 Å². The first kappa shape index (κ1) is 10.9. The molecule has 13 heavy (non-hydrogen) atoms. The van der Waals surface area contributed by atoms with E-state index in [1.807, 2.05) is 35.6 Å². The van der Waals surface area contributed by atoms with E-state index < -0.39 is 10.0 Å². The highest BCUT2D eigenvalue weighted by Crippen LogP contribution is 2.18. The third-order valence-corrected chi connectivity index (χ3v) is 4.38. The molecular formula is C8H10INO2S. The lowest BCUT2D eigenvalue weighted by molar-refractivity contribution is 0.587. The van der Waals surface area contributed by atoms with E-state index in [4.69, 9.17) is 0 Å². The molecule has 0 spiro atoms. The smallest absolute Gasteiger partial charge is 0.214 e. The average Bonchev–Trinajstić information content (AvgIpc) is 2.03. The van der Waals surface area contributed by atoms with Crippen LogP contribution < -0.4 is 4.72 Å². The summed E-state index contributed by atoms with van der Waals surface area (Å²) in [6, 6.07) is 5.24. The molecule has 0 bridgehead atoms. The first-order chi connectivity index (χ1) is 5.97. The maximum Gasteiger partial charge on any atom is 0.241 e. The molecule has 0 heterocycles. The van der Waals surface area contributed by atoms with Gasteiger partial charge in [0.1, 0.15) is 0 Å². The zero-order valence-corrected chi connectivity index (χ0v) is 10.3. The van der Waals surface area contributed by atoms with E-state index >= 15 is 0 Å². The van der Waals surface area contributed by atoms with Gasteiger partial charge in [-0.1, -0.05) is 6.07 Å². The van der Waals surface area contributed by atoms with E-state index in [9.17, 15) is 8.42 Å². The molecule has 1 N–H and O–H groups in total. The van der Waals surface area contributed by atoms with Crippen LogP contribution in [0.25, 0.3) is 0 Å². The van der Waals surface area contributed by atoms with Crippen LogP contribution in [0.5, 0.6) is 0 Å². The number of aryl methyl sites for hydroxylation is 1. The first-order valence-electron chi connectivity index (χ1n) is 3.67. The third kappa shape index (κ3) is 2.41. The number of nitrogens with one attached hydrogen (secondary N) is 1. The van der Waals surface area contributed by atoms with Gasteiger partial charge in [-0.25, -0.2) is 13.1 Å². The molecule has 0 aliphatic rings. The van der Waals surface area contributed by atoms with E-state index in [1.54, 1.807) is 12.1 Å². The highest BCUT2D eigenvalue weighted by atomic mass is 127. The molecule has 0 saturated heterocycles. The summed E-state index contributed by atoms with van der Waals surface area (Å²) in [5, 5.41) is 0. The summed E-state index contributed by atoms with van der Waals surface area (Å²) < 4.78 is 25.9. The zero-order chi connectivity index (χ0) is 10.1. The van der Waals surface area contributed by atoms with Crippen molar-refractivity contribution in [1.82, 2.24) is 4.72 Å². The molecular weight excluding hydrogens is 301 g/mol. The predicted molar refractivity (Wildman–Crippen MR) is 60.1 cm³/mol. The van der Waals surface area contributed by atoms with Gasteiger partial charge in [-0.15, -0.1) is 0 Å². The van der Waals surface area contributed by atoms with E-state index in [0.717, 1.165) is 9.13 Å². The van der Waals surface area contributed by atoms with Gasteiger partial charge in [-0.2, -0.15) is 0 Å². The fraction of sp³-hybridized carbons (Fsp3) is 0.250. The van der Waals surface area contributed by atoms with Crippen LogP contribution >= 0.6 is 22.6 Å². The minimum absolute atomic E-state index is 0.334. The van der Waals surface area contributed by atoms with Crippen molar-refractivity contribution in [3.8, 4) is 0 Å². The topological polar surface area (TPSA) is 46.2 Å². The molecule has 0 aliphatic heterocycles. The number of hydrogen-bond donors (Lipinski definition) is 1. The molecule has 1 aromatic carbocycles. The van der Waals surface area contributed by atoms with Crippen LogP contribution in [0.1, 0.15) is 5.56 Å². The molecule has 0 aromatic heterocycles. The third-order valence-electron chi connectivity index (χ3n) is 1.65. The number of hydrogen-bond acceptors (Lipinski definition) is 2. The standard InChI is InChI=1S/C8H10INO2S/c1-6-3-4-8(7(9)5-6)13(11,12)10-2/h3-5,10H,1-2H3. The van der Waals surface area contributed by atoms with Gasteiger partial charge in [0.2, 0.25) is 10.0 Å². The monoisotopic (exact) mass is 311 g/mol. The van der Waals surface area contributed by atoms with Gasteiger partial charge in [0, 0.05) is 3.57 Å². The maximum atomic E-state index is 11.4. The number of halogens is 1. The van der Waals surface area contributed by atoms with Crippen LogP contribution in [0.15, 0.2) is 23.1 Å². The molecule has 0 aliphatic carbocycles. The lowest BCUT2D eigenvalue weighted by Gasteiger charge is -2.05. The average molecular weight is 311 g/mol. The van der Waals surface area contributed by atoms with E-state index in [0.29, 0.717) is 4.90 Å². The van der Waals surface area contributed by atoms with Crippen molar-refractivity contribution >= 4 is 32.6 Å². The SMILES string of the molecule is CNS(=O)(=O)c1ccc(C)cc1I. The zero-order valence-electron chi connectivity index (χ0n) is 7.33. The Morgan fingerprint density at radius 3 is 2.46 bits per heavy atom. The lowest BCUT2D eigenvalue weighted by Crippen LogP contribution is -2.19. The Kier molecular flexibility index (Phi) is 3.31. The van der Waals surface area contributed by atoms with Gasteiger partial charge in [-0.05, 0) is 54.3 Å². The van der Waals surface area contributed by atoms with Crippen molar-refractivity contribution in [3.05, 3.63) is 27.3 Å². The Hall–Kier alpha value is -0.140. The Labute approximate surface area is 91.7 Å². The maximum absolute atomic E-state index is 11.4. The highest BCUT2D eigenvalue weighted by Gasteiger charge is 2.14.